The highest BCUT2D eigenvalue weighted by molar-refractivity contribution is 8.04. The normalized spacial score (nSPS) is 14.1. The van der Waals surface area contributed by atoms with E-state index in [1.807, 2.05) is 64.3 Å². The second kappa shape index (κ2) is 7.49. The smallest absolute Gasteiger partial charge is 0.305 e. The molecule has 1 rings (SSSR count). The first-order valence-corrected chi connectivity index (χ1v) is 9.33. The molecule has 0 radical (unpaired) electrons. The summed E-state index contributed by atoms with van der Waals surface area (Å²) >= 11 is 1.50. The third kappa shape index (κ3) is 4.96. The molecule has 0 aromatic heterocycles. The molecule has 0 saturated carbocycles. The largest absolute Gasteiger partial charge is 0.348 e. The summed E-state index contributed by atoms with van der Waals surface area (Å²) in [6, 6.07) is 9.74. The second-order valence-electron chi connectivity index (χ2n) is 4.85. The van der Waals surface area contributed by atoms with E-state index in [1.54, 1.807) is 0 Å². The Labute approximate surface area is 120 Å². The van der Waals surface area contributed by atoms with Crippen molar-refractivity contribution < 1.29 is 13.6 Å². The molecule has 108 valence electrons. The summed E-state index contributed by atoms with van der Waals surface area (Å²) in [5.41, 5.74) is 0.972. The van der Waals surface area contributed by atoms with Crippen LogP contribution in [0.25, 0.3) is 0 Å². The third-order valence-electron chi connectivity index (χ3n) is 2.31. The topological polar surface area (TPSA) is 35.5 Å². The van der Waals surface area contributed by atoms with Gasteiger partial charge >= 0.3 is 7.60 Å². The van der Waals surface area contributed by atoms with Crippen LogP contribution in [-0.2, 0) is 13.6 Å². The first-order chi connectivity index (χ1) is 8.89. The molecule has 3 nitrogen and oxygen atoms in total. The molecule has 0 N–H and O–H groups in total. The minimum Gasteiger partial charge on any atom is -0.305 e. The maximum Gasteiger partial charge on any atom is 0.348 e. The standard InChI is InChI=1S/C14H23O3PS/c1-11(2)16-18(15,17-12(3)4)14(19-5)13-9-7-6-8-10-13/h6-12,14H,1-5H3/t14-/m1/s1. The van der Waals surface area contributed by atoms with E-state index in [2.05, 4.69) is 0 Å². The number of thioether (sulfide) groups is 1. The van der Waals surface area contributed by atoms with E-state index >= 15 is 0 Å². The minimum atomic E-state index is -3.20. The molecule has 0 bridgehead atoms. The molecule has 1 aromatic carbocycles. The van der Waals surface area contributed by atoms with Crippen molar-refractivity contribution in [3.63, 3.8) is 0 Å². The van der Waals surface area contributed by atoms with Gasteiger partial charge in [-0.3, -0.25) is 4.57 Å². The quantitative estimate of drug-likeness (QED) is 0.657. The summed E-state index contributed by atoms with van der Waals surface area (Å²) in [6.07, 6.45) is 1.66. The Balaban J connectivity index is 3.10. The molecular formula is C14H23O3PS. The number of benzene rings is 1. The van der Waals surface area contributed by atoms with Gasteiger partial charge < -0.3 is 9.05 Å². The predicted molar refractivity (Wildman–Crippen MR) is 82.7 cm³/mol. The number of hydrogen-bond acceptors (Lipinski definition) is 4. The Morgan fingerprint density at radius 3 is 1.84 bits per heavy atom. The lowest BCUT2D eigenvalue weighted by atomic mass is 10.2. The van der Waals surface area contributed by atoms with Crippen LogP contribution >= 0.6 is 19.4 Å². The van der Waals surface area contributed by atoms with Gasteiger partial charge in [0.05, 0.1) is 12.2 Å². The summed E-state index contributed by atoms with van der Waals surface area (Å²) in [4.78, 5) is -0.293. The maximum atomic E-state index is 13.1. The number of hydrogen-bond donors (Lipinski definition) is 0. The van der Waals surface area contributed by atoms with Crippen molar-refractivity contribution in [2.75, 3.05) is 6.26 Å². The van der Waals surface area contributed by atoms with Crippen molar-refractivity contribution in [3.05, 3.63) is 35.9 Å². The average Bonchev–Trinajstić information content (AvgIpc) is 2.28. The molecule has 5 heteroatoms. The van der Waals surface area contributed by atoms with Crippen molar-refractivity contribution in [1.29, 1.82) is 0 Å². The summed E-state index contributed by atoms with van der Waals surface area (Å²) in [5.74, 6) is 0. The van der Waals surface area contributed by atoms with Crippen LogP contribution in [0.4, 0.5) is 0 Å². The van der Waals surface area contributed by atoms with E-state index < -0.39 is 7.60 Å². The van der Waals surface area contributed by atoms with Crippen LogP contribution in [-0.4, -0.2) is 18.5 Å². The minimum absolute atomic E-state index is 0.136. The van der Waals surface area contributed by atoms with Crippen LogP contribution in [0.5, 0.6) is 0 Å². The van der Waals surface area contributed by atoms with Gasteiger partial charge in [-0.25, -0.2) is 0 Å². The Hall–Kier alpha value is -0.280. The van der Waals surface area contributed by atoms with Gasteiger partial charge in [-0.1, -0.05) is 30.3 Å². The molecular weight excluding hydrogens is 279 g/mol. The van der Waals surface area contributed by atoms with Crippen molar-refractivity contribution in [2.45, 2.75) is 44.9 Å². The third-order valence-corrected chi connectivity index (χ3v) is 6.74. The molecule has 0 spiro atoms. The molecule has 0 aliphatic carbocycles. The summed E-state index contributed by atoms with van der Waals surface area (Å²) in [7, 11) is -3.20. The maximum absolute atomic E-state index is 13.1. The van der Waals surface area contributed by atoms with Crippen molar-refractivity contribution in [3.8, 4) is 0 Å². The molecule has 0 heterocycles. The van der Waals surface area contributed by atoms with Crippen molar-refractivity contribution in [1.82, 2.24) is 0 Å². The van der Waals surface area contributed by atoms with Gasteiger partial charge in [0.2, 0.25) is 0 Å². The fourth-order valence-corrected chi connectivity index (χ4v) is 5.53. The second-order valence-corrected chi connectivity index (χ2v) is 8.16. The Morgan fingerprint density at radius 1 is 1.00 bits per heavy atom. The number of rotatable bonds is 7. The lowest BCUT2D eigenvalue weighted by Gasteiger charge is -2.29. The first kappa shape index (κ1) is 16.8. The van der Waals surface area contributed by atoms with Crippen LogP contribution < -0.4 is 0 Å². The van der Waals surface area contributed by atoms with Crippen LogP contribution in [0.2, 0.25) is 0 Å². The van der Waals surface area contributed by atoms with Gasteiger partial charge in [0.15, 0.2) is 0 Å². The highest BCUT2D eigenvalue weighted by atomic mass is 32.2. The monoisotopic (exact) mass is 302 g/mol. The van der Waals surface area contributed by atoms with E-state index in [9.17, 15) is 4.57 Å². The van der Waals surface area contributed by atoms with Crippen LogP contribution in [0.15, 0.2) is 30.3 Å². The molecule has 19 heavy (non-hydrogen) atoms. The lowest BCUT2D eigenvalue weighted by molar-refractivity contribution is 0.141. The van der Waals surface area contributed by atoms with Gasteiger partial charge in [0.1, 0.15) is 4.99 Å². The van der Waals surface area contributed by atoms with Gasteiger partial charge in [0.25, 0.3) is 0 Å². The fraction of sp³-hybridized carbons (Fsp3) is 0.571. The highest BCUT2D eigenvalue weighted by Crippen LogP contribution is 2.66. The van der Waals surface area contributed by atoms with E-state index in [4.69, 9.17) is 9.05 Å². The van der Waals surface area contributed by atoms with E-state index in [0.29, 0.717) is 0 Å². The van der Waals surface area contributed by atoms with Crippen molar-refractivity contribution in [2.24, 2.45) is 0 Å². The molecule has 0 unspecified atom stereocenters. The Bertz CT molecular complexity index is 406. The molecule has 0 saturated heterocycles. The van der Waals surface area contributed by atoms with Crippen LogP contribution in [0.3, 0.4) is 0 Å². The van der Waals surface area contributed by atoms with E-state index in [0.717, 1.165) is 5.56 Å². The van der Waals surface area contributed by atoms with Gasteiger partial charge in [0, 0.05) is 0 Å². The SMILES string of the molecule is CS[C@H](c1ccccc1)P(=O)(OC(C)C)OC(C)C. The van der Waals surface area contributed by atoms with Crippen LogP contribution in [0.1, 0.15) is 38.2 Å². The molecule has 1 aromatic rings. The van der Waals surface area contributed by atoms with E-state index in [-0.39, 0.29) is 17.2 Å². The highest BCUT2D eigenvalue weighted by Gasteiger charge is 2.38. The predicted octanol–water partition coefficient (Wildman–Crippen LogP) is 5.09. The first-order valence-electron chi connectivity index (χ1n) is 6.43. The zero-order valence-corrected chi connectivity index (χ0v) is 13.9. The summed E-state index contributed by atoms with van der Waals surface area (Å²) < 4.78 is 24.4. The summed E-state index contributed by atoms with van der Waals surface area (Å²) in [6.45, 7) is 7.49. The zero-order chi connectivity index (χ0) is 14.5. The molecule has 0 aliphatic heterocycles. The van der Waals surface area contributed by atoms with Crippen LogP contribution in [0, 0.1) is 0 Å². The van der Waals surface area contributed by atoms with Gasteiger partial charge in [-0.2, -0.15) is 0 Å². The Morgan fingerprint density at radius 2 is 1.47 bits per heavy atom. The molecule has 0 fully saturated rings. The van der Waals surface area contributed by atoms with Crippen molar-refractivity contribution >= 4 is 19.4 Å². The molecule has 1 atom stereocenters. The molecule has 0 amide bonds. The average molecular weight is 302 g/mol. The lowest BCUT2D eigenvalue weighted by Crippen LogP contribution is -2.12. The Kier molecular flexibility index (Phi) is 6.61. The van der Waals surface area contributed by atoms with Gasteiger partial charge in [-0.05, 0) is 39.5 Å². The summed E-state index contributed by atoms with van der Waals surface area (Å²) in [5, 5.41) is 0. The van der Waals surface area contributed by atoms with E-state index in [1.165, 1.54) is 11.8 Å². The van der Waals surface area contributed by atoms with Gasteiger partial charge in [-0.15, -0.1) is 11.8 Å². The zero-order valence-electron chi connectivity index (χ0n) is 12.2. The molecule has 0 aliphatic rings. The fourth-order valence-electron chi connectivity index (χ4n) is 1.79.